The van der Waals surface area contributed by atoms with Gasteiger partial charge in [0, 0.05) is 6.54 Å². The lowest BCUT2D eigenvalue weighted by molar-refractivity contribution is 0.627. The molecule has 0 saturated heterocycles. The fourth-order valence-electron chi connectivity index (χ4n) is 1.92. The summed E-state index contributed by atoms with van der Waals surface area (Å²) >= 11 is 0. The minimum atomic E-state index is -0.225. The molecular formula is C15H16FN. The fourth-order valence-corrected chi connectivity index (χ4v) is 1.92. The van der Waals surface area contributed by atoms with Crippen LogP contribution in [0.1, 0.15) is 18.1 Å². The number of rotatable bonds is 3. The molecule has 0 aliphatic carbocycles. The Balaban J connectivity index is 2.47. The second-order valence-corrected chi connectivity index (χ2v) is 4.06. The molecule has 1 nitrogen and oxygen atoms in total. The Labute approximate surface area is 101 Å². The van der Waals surface area contributed by atoms with Gasteiger partial charge in [0.15, 0.2) is 0 Å². The van der Waals surface area contributed by atoms with Gasteiger partial charge in [-0.25, -0.2) is 4.39 Å². The number of halogens is 1. The highest BCUT2D eigenvalue weighted by Gasteiger charge is 2.05. The first-order chi connectivity index (χ1) is 8.24. The van der Waals surface area contributed by atoms with Gasteiger partial charge in [-0.1, -0.05) is 37.3 Å². The van der Waals surface area contributed by atoms with Crippen LogP contribution < -0.4 is 5.73 Å². The Morgan fingerprint density at radius 3 is 2.35 bits per heavy atom. The normalized spacial score (nSPS) is 10.5. The minimum absolute atomic E-state index is 0.225. The van der Waals surface area contributed by atoms with Crippen molar-refractivity contribution in [2.45, 2.75) is 19.9 Å². The van der Waals surface area contributed by atoms with Gasteiger partial charge in [0.25, 0.3) is 0 Å². The molecule has 0 unspecified atom stereocenters. The van der Waals surface area contributed by atoms with E-state index in [0.29, 0.717) is 6.54 Å². The second kappa shape index (κ2) is 5.11. The van der Waals surface area contributed by atoms with E-state index in [9.17, 15) is 4.39 Å². The maximum Gasteiger partial charge on any atom is 0.123 e. The summed E-state index contributed by atoms with van der Waals surface area (Å²) in [4.78, 5) is 0. The molecule has 0 bridgehead atoms. The van der Waals surface area contributed by atoms with Gasteiger partial charge in [-0.2, -0.15) is 0 Å². The van der Waals surface area contributed by atoms with Gasteiger partial charge in [0.1, 0.15) is 5.82 Å². The van der Waals surface area contributed by atoms with E-state index in [1.165, 1.54) is 11.6 Å². The van der Waals surface area contributed by atoms with E-state index in [0.717, 1.165) is 23.1 Å². The Morgan fingerprint density at radius 2 is 1.76 bits per heavy atom. The summed E-state index contributed by atoms with van der Waals surface area (Å²) in [7, 11) is 0. The quantitative estimate of drug-likeness (QED) is 0.856. The van der Waals surface area contributed by atoms with Crippen molar-refractivity contribution in [1.82, 2.24) is 0 Å². The number of aryl methyl sites for hydroxylation is 1. The molecule has 0 amide bonds. The monoisotopic (exact) mass is 229 g/mol. The van der Waals surface area contributed by atoms with Crippen molar-refractivity contribution in [3.63, 3.8) is 0 Å². The van der Waals surface area contributed by atoms with Crippen molar-refractivity contribution in [1.29, 1.82) is 0 Å². The maximum absolute atomic E-state index is 13.3. The van der Waals surface area contributed by atoms with Gasteiger partial charge < -0.3 is 5.73 Å². The molecule has 2 N–H and O–H groups in total. The molecule has 2 rings (SSSR count). The third-order valence-electron chi connectivity index (χ3n) is 2.97. The van der Waals surface area contributed by atoms with Gasteiger partial charge in [0.05, 0.1) is 0 Å². The van der Waals surface area contributed by atoms with Crippen LogP contribution in [-0.4, -0.2) is 0 Å². The van der Waals surface area contributed by atoms with E-state index in [-0.39, 0.29) is 5.82 Å². The molecule has 0 atom stereocenters. The fraction of sp³-hybridized carbons (Fsp3) is 0.200. The number of nitrogens with two attached hydrogens (primary N) is 1. The predicted octanol–water partition coefficient (Wildman–Crippen LogP) is 3.51. The van der Waals surface area contributed by atoms with E-state index >= 15 is 0 Å². The van der Waals surface area contributed by atoms with Crippen molar-refractivity contribution in [2.75, 3.05) is 0 Å². The van der Waals surface area contributed by atoms with Crippen LogP contribution in [0.25, 0.3) is 11.1 Å². The summed E-state index contributed by atoms with van der Waals surface area (Å²) in [5, 5.41) is 0. The van der Waals surface area contributed by atoms with Gasteiger partial charge in [0.2, 0.25) is 0 Å². The zero-order valence-electron chi connectivity index (χ0n) is 9.91. The van der Waals surface area contributed by atoms with E-state index in [4.69, 9.17) is 5.73 Å². The highest BCUT2D eigenvalue weighted by atomic mass is 19.1. The number of benzene rings is 2. The Kier molecular flexibility index (Phi) is 3.55. The van der Waals surface area contributed by atoms with Crippen LogP contribution in [0, 0.1) is 5.82 Å². The number of hydrogen-bond donors (Lipinski definition) is 1. The lowest BCUT2D eigenvalue weighted by Crippen LogP contribution is -1.99. The average molecular weight is 229 g/mol. The molecule has 0 aliphatic rings. The molecule has 2 aromatic carbocycles. The Bertz CT molecular complexity index is 503. The zero-order valence-corrected chi connectivity index (χ0v) is 9.91. The van der Waals surface area contributed by atoms with Gasteiger partial charge in [-0.05, 0) is 40.8 Å². The molecule has 0 aromatic heterocycles. The third-order valence-corrected chi connectivity index (χ3v) is 2.97. The summed E-state index contributed by atoms with van der Waals surface area (Å²) in [6, 6.07) is 12.9. The van der Waals surface area contributed by atoms with E-state index in [2.05, 4.69) is 19.1 Å². The second-order valence-electron chi connectivity index (χ2n) is 4.06. The summed E-state index contributed by atoms with van der Waals surface area (Å²) in [5.41, 5.74) is 9.82. The SMILES string of the molecule is CCc1ccc(-c2cc(F)ccc2CN)cc1. The predicted molar refractivity (Wildman–Crippen MR) is 69.1 cm³/mol. The highest BCUT2D eigenvalue weighted by molar-refractivity contribution is 5.67. The van der Waals surface area contributed by atoms with E-state index in [1.54, 1.807) is 12.1 Å². The minimum Gasteiger partial charge on any atom is -0.326 e. The molecule has 2 heteroatoms. The third kappa shape index (κ3) is 2.53. The van der Waals surface area contributed by atoms with E-state index in [1.807, 2.05) is 12.1 Å². The smallest absolute Gasteiger partial charge is 0.123 e. The van der Waals surface area contributed by atoms with Crippen molar-refractivity contribution in [3.05, 3.63) is 59.4 Å². The number of hydrogen-bond acceptors (Lipinski definition) is 1. The van der Waals surface area contributed by atoms with Gasteiger partial charge in [-0.15, -0.1) is 0 Å². The van der Waals surface area contributed by atoms with Crippen LogP contribution >= 0.6 is 0 Å². The summed E-state index contributed by atoms with van der Waals surface area (Å²) in [6.07, 6.45) is 1.01. The first-order valence-electron chi connectivity index (χ1n) is 5.82. The van der Waals surface area contributed by atoms with Crippen LogP contribution in [0.3, 0.4) is 0 Å². The Hall–Kier alpha value is -1.67. The van der Waals surface area contributed by atoms with Crippen LogP contribution in [0.5, 0.6) is 0 Å². The molecule has 0 saturated carbocycles. The van der Waals surface area contributed by atoms with Crippen LogP contribution in [0.2, 0.25) is 0 Å². The summed E-state index contributed by atoms with van der Waals surface area (Å²) < 4.78 is 13.3. The average Bonchev–Trinajstić information content (AvgIpc) is 2.39. The molecule has 17 heavy (non-hydrogen) atoms. The lowest BCUT2D eigenvalue weighted by Gasteiger charge is -2.09. The molecule has 2 aromatic rings. The molecule has 0 fully saturated rings. The summed E-state index contributed by atoms with van der Waals surface area (Å²) in [5.74, 6) is -0.225. The van der Waals surface area contributed by atoms with E-state index < -0.39 is 0 Å². The van der Waals surface area contributed by atoms with Crippen molar-refractivity contribution >= 4 is 0 Å². The maximum atomic E-state index is 13.3. The molecule has 0 radical (unpaired) electrons. The standard InChI is InChI=1S/C15H16FN/c1-2-11-3-5-12(6-4-11)15-9-14(16)8-7-13(15)10-17/h3-9H,2,10,17H2,1H3. The Morgan fingerprint density at radius 1 is 1.06 bits per heavy atom. The highest BCUT2D eigenvalue weighted by Crippen LogP contribution is 2.25. The van der Waals surface area contributed by atoms with Crippen LogP contribution in [-0.2, 0) is 13.0 Å². The van der Waals surface area contributed by atoms with Crippen LogP contribution in [0.15, 0.2) is 42.5 Å². The first kappa shape index (κ1) is 11.8. The largest absolute Gasteiger partial charge is 0.326 e. The zero-order chi connectivity index (χ0) is 12.3. The van der Waals surface area contributed by atoms with Gasteiger partial charge in [-0.3, -0.25) is 0 Å². The van der Waals surface area contributed by atoms with Crippen molar-refractivity contribution in [2.24, 2.45) is 5.73 Å². The molecule has 0 spiro atoms. The molecular weight excluding hydrogens is 213 g/mol. The summed E-state index contributed by atoms with van der Waals surface area (Å²) in [6.45, 7) is 2.54. The first-order valence-corrected chi connectivity index (χ1v) is 5.82. The molecule has 0 aliphatic heterocycles. The van der Waals surface area contributed by atoms with Gasteiger partial charge >= 0.3 is 0 Å². The van der Waals surface area contributed by atoms with Crippen LogP contribution in [0.4, 0.5) is 4.39 Å². The lowest BCUT2D eigenvalue weighted by atomic mass is 9.98. The van der Waals surface area contributed by atoms with Crippen molar-refractivity contribution < 1.29 is 4.39 Å². The molecule has 88 valence electrons. The van der Waals surface area contributed by atoms with Crippen molar-refractivity contribution in [3.8, 4) is 11.1 Å². The topological polar surface area (TPSA) is 26.0 Å². The molecule has 0 heterocycles.